The van der Waals surface area contributed by atoms with Gasteiger partial charge < -0.3 is 11.1 Å². The van der Waals surface area contributed by atoms with Crippen LogP contribution in [-0.2, 0) is 13.0 Å². The molecule has 1 aliphatic carbocycles. The molecule has 47 heavy (non-hydrogen) atoms. The Morgan fingerprint density at radius 2 is 1.85 bits per heavy atom. The third kappa shape index (κ3) is 7.99. The van der Waals surface area contributed by atoms with Crippen molar-refractivity contribution in [3.05, 3.63) is 105 Å². The van der Waals surface area contributed by atoms with Crippen molar-refractivity contribution in [3.8, 4) is 0 Å². The lowest BCUT2D eigenvalue weighted by molar-refractivity contribution is 0.203. The molecule has 1 aliphatic heterocycles. The van der Waals surface area contributed by atoms with Crippen LogP contribution in [0.1, 0.15) is 82.1 Å². The number of amides is 2. The maximum absolute atomic E-state index is 15.4. The first-order chi connectivity index (χ1) is 22.5. The molecule has 1 saturated carbocycles. The molecule has 2 aromatic rings. The van der Waals surface area contributed by atoms with Gasteiger partial charge >= 0.3 is 6.03 Å². The molecule has 0 radical (unpaired) electrons. The van der Waals surface area contributed by atoms with Gasteiger partial charge in [0.15, 0.2) is 0 Å². The van der Waals surface area contributed by atoms with Crippen LogP contribution in [0.2, 0.25) is 0 Å². The Morgan fingerprint density at radius 3 is 2.45 bits per heavy atom. The summed E-state index contributed by atoms with van der Waals surface area (Å²) in [4.78, 5) is 26.9. The summed E-state index contributed by atoms with van der Waals surface area (Å²) in [5.41, 5.74) is 13.5. The van der Waals surface area contributed by atoms with Gasteiger partial charge in [0.2, 0.25) is 5.96 Å². The van der Waals surface area contributed by atoms with Gasteiger partial charge in [-0.25, -0.2) is 23.5 Å². The Balaban J connectivity index is 1.97. The van der Waals surface area contributed by atoms with Crippen molar-refractivity contribution in [2.75, 3.05) is 19.8 Å². The number of allylic oxidation sites excluding steroid dienone is 5. The minimum atomic E-state index is -0.668. The number of rotatable bonds is 11. The Kier molecular flexibility index (Phi) is 11.7. The summed E-state index contributed by atoms with van der Waals surface area (Å²) in [6.07, 6.45) is 12.5. The fraction of sp³-hybridized carbons (Fsp3) is 0.378. The molecule has 1 heterocycles. The number of nitrogens with two attached hydrogens (primary N) is 1. The van der Waals surface area contributed by atoms with Crippen LogP contribution in [0.15, 0.2) is 80.8 Å². The van der Waals surface area contributed by atoms with Gasteiger partial charge in [-0.05, 0) is 99.9 Å². The van der Waals surface area contributed by atoms with E-state index >= 15 is 4.39 Å². The first kappa shape index (κ1) is 35.1. The van der Waals surface area contributed by atoms with Gasteiger partial charge in [-0.15, -0.1) is 0 Å². The van der Waals surface area contributed by atoms with Crippen molar-refractivity contribution in [1.82, 2.24) is 20.4 Å². The standard InChI is InChI=1S/C37H47F2N7O/c1-8-12-26-17-33(40)27(21-41-6)18-34(26)43-36-44-37(47)46(30(10-3)19-29(42-7)15-23(4)9-2)35(25-13-11-14-25)45(36)22-28-16-24(5)31(38)20-32(28)39/h10,15-21,42H,8-9,11-14,22,40H2,1-7H3,(H,43,44,47)/b23-15+,29-19+,30-10+,41-21?. The molecule has 0 bridgehead atoms. The van der Waals surface area contributed by atoms with Gasteiger partial charge in [0.05, 0.1) is 12.2 Å². The van der Waals surface area contributed by atoms with Crippen LogP contribution in [0.25, 0.3) is 0 Å². The van der Waals surface area contributed by atoms with Gasteiger partial charge in [-0.2, -0.15) is 0 Å². The Morgan fingerprint density at radius 1 is 1.11 bits per heavy atom. The first-order valence-electron chi connectivity index (χ1n) is 16.3. The van der Waals surface area contributed by atoms with Gasteiger partial charge in [0, 0.05) is 54.6 Å². The van der Waals surface area contributed by atoms with Crippen LogP contribution in [0.5, 0.6) is 0 Å². The summed E-state index contributed by atoms with van der Waals surface area (Å²) in [6.45, 7) is 9.72. The number of aliphatic imine (C=N–C) groups is 2. The second-order valence-corrected chi connectivity index (χ2v) is 11.9. The summed E-state index contributed by atoms with van der Waals surface area (Å²) < 4.78 is 29.8. The first-order valence-corrected chi connectivity index (χ1v) is 16.3. The lowest BCUT2D eigenvalue weighted by atomic mass is 9.91. The van der Waals surface area contributed by atoms with Crippen molar-refractivity contribution in [2.45, 2.75) is 79.7 Å². The van der Waals surface area contributed by atoms with Gasteiger partial charge in [-0.3, -0.25) is 15.2 Å². The molecular weight excluding hydrogens is 596 g/mol. The summed E-state index contributed by atoms with van der Waals surface area (Å²) in [6, 6.07) is 5.79. The van der Waals surface area contributed by atoms with E-state index in [-0.39, 0.29) is 24.1 Å². The second-order valence-electron chi connectivity index (χ2n) is 11.9. The van der Waals surface area contributed by atoms with Crippen molar-refractivity contribution < 1.29 is 13.6 Å². The monoisotopic (exact) mass is 643 g/mol. The summed E-state index contributed by atoms with van der Waals surface area (Å²) in [5.74, 6) is -0.408. The molecule has 0 atom stereocenters. The number of likely N-dealkylation sites (N-methyl/N-ethyl adjacent to an activating group) is 1. The normalized spacial score (nSPS) is 17.2. The summed E-state index contributed by atoms with van der Waals surface area (Å²) in [5, 5.41) is 6.25. The largest absolute Gasteiger partial charge is 0.398 e. The Labute approximate surface area is 277 Å². The number of aryl methyl sites for hydroxylation is 2. The van der Waals surface area contributed by atoms with E-state index in [9.17, 15) is 9.18 Å². The van der Waals surface area contributed by atoms with E-state index in [1.54, 1.807) is 25.1 Å². The molecule has 2 fully saturated rings. The number of carbonyl (C=O) groups is 1. The quantitative estimate of drug-likeness (QED) is 0.131. The number of halogens is 2. The zero-order valence-electron chi connectivity index (χ0n) is 28.6. The fourth-order valence-corrected chi connectivity index (χ4v) is 5.55. The van der Waals surface area contributed by atoms with E-state index in [0.717, 1.165) is 55.0 Å². The number of urea groups is 1. The van der Waals surface area contributed by atoms with Crippen molar-refractivity contribution in [3.63, 3.8) is 0 Å². The van der Waals surface area contributed by atoms with E-state index in [1.807, 2.05) is 43.2 Å². The minimum absolute atomic E-state index is 0.0111. The highest BCUT2D eigenvalue weighted by molar-refractivity contribution is 6.03. The smallest absolute Gasteiger partial charge is 0.334 e. The number of guanidine groups is 1. The van der Waals surface area contributed by atoms with Crippen molar-refractivity contribution >= 4 is 29.6 Å². The predicted molar refractivity (Wildman–Crippen MR) is 188 cm³/mol. The van der Waals surface area contributed by atoms with E-state index < -0.39 is 11.6 Å². The fourth-order valence-electron chi connectivity index (χ4n) is 5.55. The zero-order valence-corrected chi connectivity index (χ0v) is 28.6. The van der Waals surface area contributed by atoms with Crippen LogP contribution < -0.4 is 16.4 Å². The number of carbonyl (C=O) groups excluding carboxylic acids is 1. The molecule has 1 saturated heterocycles. The molecule has 2 aromatic carbocycles. The summed E-state index contributed by atoms with van der Waals surface area (Å²) in [7, 11) is 3.51. The number of nitrogens with one attached hydrogen (secondary N) is 2. The molecule has 10 heteroatoms. The number of nitrogen functional groups attached to an aromatic ring is 1. The van der Waals surface area contributed by atoms with Crippen LogP contribution in [0.4, 0.5) is 25.0 Å². The molecule has 4 rings (SSSR count). The van der Waals surface area contributed by atoms with Gasteiger partial charge in [0.25, 0.3) is 0 Å². The molecule has 250 valence electrons. The molecule has 2 aliphatic rings. The molecular formula is C37H47F2N7O. The number of nitrogens with zero attached hydrogens (tertiary/aromatic N) is 4. The number of anilines is 1. The third-order valence-electron chi connectivity index (χ3n) is 8.48. The number of benzene rings is 2. The van der Waals surface area contributed by atoms with E-state index in [4.69, 9.17) is 10.7 Å². The maximum atomic E-state index is 15.4. The number of hydrogen-bond donors (Lipinski definition) is 3. The third-order valence-corrected chi connectivity index (χ3v) is 8.48. The van der Waals surface area contributed by atoms with Crippen LogP contribution in [0.3, 0.4) is 0 Å². The average molecular weight is 644 g/mol. The lowest BCUT2D eigenvalue weighted by Gasteiger charge is -2.43. The average Bonchev–Trinajstić information content (AvgIpc) is 3.01. The maximum Gasteiger partial charge on any atom is 0.334 e. The van der Waals surface area contributed by atoms with Crippen LogP contribution in [-0.4, -0.2) is 42.1 Å². The van der Waals surface area contributed by atoms with Crippen molar-refractivity contribution in [2.24, 2.45) is 9.98 Å². The Bertz CT molecular complexity index is 1690. The topological polar surface area (TPSA) is 98.3 Å². The second kappa shape index (κ2) is 15.7. The van der Waals surface area contributed by atoms with E-state index in [0.29, 0.717) is 40.4 Å². The Hall–Kier alpha value is -4.73. The zero-order chi connectivity index (χ0) is 34.2. The number of hydrogen-bond acceptors (Lipinski definition) is 5. The van der Waals surface area contributed by atoms with Crippen LogP contribution >= 0.6 is 0 Å². The highest BCUT2D eigenvalue weighted by Crippen LogP contribution is 2.38. The minimum Gasteiger partial charge on any atom is -0.398 e. The molecule has 0 unspecified atom stereocenters. The highest BCUT2D eigenvalue weighted by Gasteiger charge is 2.38. The van der Waals surface area contributed by atoms with Crippen molar-refractivity contribution in [1.29, 1.82) is 0 Å². The molecule has 8 nitrogen and oxygen atoms in total. The predicted octanol–water partition coefficient (Wildman–Crippen LogP) is 8.13. The lowest BCUT2D eigenvalue weighted by Crippen LogP contribution is -2.58. The van der Waals surface area contributed by atoms with Gasteiger partial charge in [0.1, 0.15) is 17.5 Å². The van der Waals surface area contributed by atoms with E-state index in [2.05, 4.69) is 42.5 Å². The molecule has 0 aromatic heterocycles. The highest BCUT2D eigenvalue weighted by atomic mass is 19.1. The molecule has 0 spiro atoms. The SMILES string of the molecule is C\C=C(/C=C(\C=C(/C)CC)NC)N1C(=O)NC(=Nc2cc(C=NC)c(N)cc2CCC)N(Cc2cc(C)c(F)cc2F)C1=C1CCC1. The summed E-state index contributed by atoms with van der Waals surface area (Å²) >= 11 is 0. The van der Waals surface area contributed by atoms with Crippen LogP contribution in [0, 0.1) is 18.6 Å². The molecule has 4 N–H and O–H groups in total. The van der Waals surface area contributed by atoms with E-state index in [1.165, 1.54) is 11.6 Å². The molecule has 2 amide bonds. The van der Waals surface area contributed by atoms with Gasteiger partial charge in [-0.1, -0.05) is 31.9 Å².